The first-order chi connectivity index (χ1) is 7.90. The average Bonchev–Trinajstić information content (AvgIpc) is 2.79. The summed E-state index contributed by atoms with van der Waals surface area (Å²) in [5.74, 6) is 6.18. The Morgan fingerprint density at radius 2 is 1.88 bits per heavy atom. The van der Waals surface area contributed by atoms with Crippen LogP contribution in [0.15, 0.2) is 42.5 Å². The largest absolute Gasteiger partial charge is 0.330 e. The van der Waals surface area contributed by atoms with Crippen LogP contribution in [0, 0.1) is 11.8 Å². The van der Waals surface area contributed by atoms with Crippen molar-refractivity contribution in [3.05, 3.63) is 47.3 Å². The highest BCUT2D eigenvalue weighted by atomic mass is 32.1. The Balaban J connectivity index is 2.18. The van der Waals surface area contributed by atoms with E-state index in [-0.39, 0.29) is 0 Å². The third-order valence-corrected chi connectivity index (χ3v) is 3.19. The minimum Gasteiger partial charge on any atom is -0.330 e. The van der Waals surface area contributed by atoms with Gasteiger partial charge in [0, 0.05) is 17.8 Å². The summed E-state index contributed by atoms with van der Waals surface area (Å²) in [7, 11) is 0. The molecule has 1 nitrogen and oxygen atoms in total. The minimum absolute atomic E-state index is 0.629. The summed E-state index contributed by atoms with van der Waals surface area (Å²) in [6.45, 7) is 0.629. The molecule has 0 radical (unpaired) electrons. The maximum atomic E-state index is 5.39. The molecule has 2 heteroatoms. The Bertz CT molecular complexity index is 502. The summed E-state index contributed by atoms with van der Waals surface area (Å²) in [4.78, 5) is 2.37. The average molecular weight is 227 g/mol. The molecule has 0 aliphatic rings. The molecule has 1 heterocycles. The highest BCUT2D eigenvalue weighted by molar-refractivity contribution is 7.16. The van der Waals surface area contributed by atoms with Crippen LogP contribution in [0.1, 0.15) is 11.3 Å². The van der Waals surface area contributed by atoms with Crippen molar-refractivity contribution in [3.63, 3.8) is 0 Å². The molecular weight excluding hydrogens is 214 g/mol. The van der Waals surface area contributed by atoms with Crippen molar-refractivity contribution in [2.24, 2.45) is 5.73 Å². The lowest BCUT2D eigenvalue weighted by Crippen LogP contribution is -1.95. The van der Waals surface area contributed by atoms with E-state index < -0.39 is 0 Å². The van der Waals surface area contributed by atoms with Crippen LogP contribution in [0.5, 0.6) is 0 Å². The quantitative estimate of drug-likeness (QED) is 0.784. The van der Waals surface area contributed by atoms with Crippen LogP contribution in [0.2, 0.25) is 0 Å². The van der Waals surface area contributed by atoms with Gasteiger partial charge in [0.25, 0.3) is 0 Å². The summed E-state index contributed by atoms with van der Waals surface area (Å²) in [6.07, 6.45) is 0.762. The van der Waals surface area contributed by atoms with Gasteiger partial charge in [-0.05, 0) is 17.7 Å². The molecule has 0 aliphatic heterocycles. The van der Waals surface area contributed by atoms with Crippen LogP contribution < -0.4 is 5.73 Å². The first-order valence-electron chi connectivity index (χ1n) is 5.24. The van der Waals surface area contributed by atoms with Crippen molar-refractivity contribution >= 4 is 11.3 Å². The van der Waals surface area contributed by atoms with Gasteiger partial charge < -0.3 is 5.73 Å². The van der Waals surface area contributed by atoms with Crippen LogP contribution >= 0.6 is 11.3 Å². The Hall–Kier alpha value is -1.56. The summed E-state index contributed by atoms with van der Waals surface area (Å²) >= 11 is 1.72. The molecule has 0 aliphatic carbocycles. The van der Waals surface area contributed by atoms with Gasteiger partial charge in [0.2, 0.25) is 0 Å². The van der Waals surface area contributed by atoms with E-state index >= 15 is 0 Å². The third kappa shape index (κ3) is 2.73. The van der Waals surface area contributed by atoms with E-state index in [0.717, 1.165) is 11.3 Å². The van der Waals surface area contributed by atoms with Crippen molar-refractivity contribution in [1.29, 1.82) is 0 Å². The van der Waals surface area contributed by atoms with Gasteiger partial charge in [-0.1, -0.05) is 42.2 Å². The fraction of sp³-hybridized carbons (Fsp3) is 0.143. The molecule has 1 aromatic carbocycles. The van der Waals surface area contributed by atoms with Gasteiger partial charge in [-0.15, -0.1) is 11.3 Å². The number of thiophene rings is 1. The Morgan fingerprint density at radius 1 is 1.06 bits per heavy atom. The van der Waals surface area contributed by atoms with Gasteiger partial charge >= 0.3 is 0 Å². The molecule has 0 fully saturated rings. The maximum Gasteiger partial charge on any atom is 0.0775 e. The van der Waals surface area contributed by atoms with Crippen LogP contribution in [-0.2, 0) is 0 Å². The smallest absolute Gasteiger partial charge is 0.0775 e. The number of hydrogen-bond acceptors (Lipinski definition) is 2. The molecule has 1 aromatic heterocycles. The molecule has 0 bridgehead atoms. The Labute approximate surface area is 99.9 Å². The Morgan fingerprint density at radius 3 is 2.62 bits per heavy atom. The molecule has 0 atom stereocenters. The van der Waals surface area contributed by atoms with Gasteiger partial charge in [-0.2, -0.15) is 0 Å². The second kappa shape index (κ2) is 5.50. The molecular formula is C14H13NS. The second-order valence-corrected chi connectivity index (χ2v) is 4.45. The fourth-order valence-corrected chi connectivity index (χ4v) is 2.27. The summed E-state index contributed by atoms with van der Waals surface area (Å²) < 4.78 is 0. The van der Waals surface area contributed by atoms with Gasteiger partial charge in [-0.25, -0.2) is 0 Å². The Kier molecular flexibility index (Phi) is 3.76. The minimum atomic E-state index is 0.629. The van der Waals surface area contributed by atoms with Crippen molar-refractivity contribution in [3.8, 4) is 22.3 Å². The molecule has 16 heavy (non-hydrogen) atoms. The molecule has 2 rings (SSSR count). The van der Waals surface area contributed by atoms with E-state index in [9.17, 15) is 0 Å². The first kappa shape index (κ1) is 10.9. The molecule has 2 N–H and O–H groups in total. The standard InChI is InChI=1S/C14H13NS/c15-11-5-4-8-13-9-10-14(16-13)12-6-2-1-3-7-12/h1-3,6-7,9-10H,5,11,15H2. The molecule has 2 aromatic rings. The molecule has 0 saturated heterocycles. The van der Waals surface area contributed by atoms with Gasteiger partial charge in [0.15, 0.2) is 0 Å². The topological polar surface area (TPSA) is 26.0 Å². The fourth-order valence-electron chi connectivity index (χ4n) is 1.38. The molecule has 80 valence electrons. The summed E-state index contributed by atoms with van der Waals surface area (Å²) in [5.41, 5.74) is 6.64. The first-order valence-corrected chi connectivity index (χ1v) is 6.06. The number of nitrogens with two attached hydrogens (primary N) is 1. The lowest BCUT2D eigenvalue weighted by atomic mass is 10.2. The number of hydrogen-bond donors (Lipinski definition) is 1. The lowest BCUT2D eigenvalue weighted by Gasteiger charge is -1.93. The molecule has 0 amide bonds. The van der Waals surface area contributed by atoms with E-state index in [4.69, 9.17) is 5.73 Å². The molecule has 0 unspecified atom stereocenters. The summed E-state index contributed by atoms with van der Waals surface area (Å²) in [6, 6.07) is 14.5. The monoisotopic (exact) mass is 227 g/mol. The van der Waals surface area contributed by atoms with Crippen LogP contribution in [0.3, 0.4) is 0 Å². The van der Waals surface area contributed by atoms with E-state index in [2.05, 4.69) is 48.2 Å². The lowest BCUT2D eigenvalue weighted by molar-refractivity contribution is 1.03. The van der Waals surface area contributed by atoms with Crippen LogP contribution in [0.4, 0.5) is 0 Å². The zero-order chi connectivity index (χ0) is 11.2. The molecule has 0 saturated carbocycles. The van der Waals surface area contributed by atoms with Crippen molar-refractivity contribution in [1.82, 2.24) is 0 Å². The van der Waals surface area contributed by atoms with Crippen LogP contribution in [0.25, 0.3) is 10.4 Å². The van der Waals surface area contributed by atoms with Gasteiger partial charge in [-0.3, -0.25) is 0 Å². The second-order valence-electron chi connectivity index (χ2n) is 3.37. The number of rotatable bonds is 2. The zero-order valence-electron chi connectivity index (χ0n) is 8.94. The predicted molar refractivity (Wildman–Crippen MR) is 70.3 cm³/mol. The normalized spacial score (nSPS) is 9.56. The third-order valence-electron chi connectivity index (χ3n) is 2.15. The van der Waals surface area contributed by atoms with E-state index in [1.54, 1.807) is 11.3 Å². The van der Waals surface area contributed by atoms with E-state index in [1.165, 1.54) is 10.4 Å². The van der Waals surface area contributed by atoms with Crippen LogP contribution in [-0.4, -0.2) is 6.54 Å². The van der Waals surface area contributed by atoms with Gasteiger partial charge in [0.1, 0.15) is 0 Å². The number of benzene rings is 1. The highest BCUT2D eigenvalue weighted by Gasteiger charge is 1.99. The van der Waals surface area contributed by atoms with Crippen molar-refractivity contribution in [2.45, 2.75) is 6.42 Å². The van der Waals surface area contributed by atoms with Crippen molar-refractivity contribution < 1.29 is 0 Å². The SMILES string of the molecule is NCCC#Cc1ccc(-c2ccccc2)s1. The zero-order valence-corrected chi connectivity index (χ0v) is 9.76. The van der Waals surface area contributed by atoms with E-state index in [1.807, 2.05) is 6.07 Å². The predicted octanol–water partition coefficient (Wildman–Crippen LogP) is 3.12. The van der Waals surface area contributed by atoms with E-state index in [0.29, 0.717) is 6.54 Å². The van der Waals surface area contributed by atoms with Gasteiger partial charge in [0.05, 0.1) is 4.88 Å². The molecule has 0 spiro atoms. The highest BCUT2D eigenvalue weighted by Crippen LogP contribution is 2.27. The van der Waals surface area contributed by atoms with Crippen molar-refractivity contribution in [2.75, 3.05) is 6.54 Å². The summed E-state index contributed by atoms with van der Waals surface area (Å²) in [5, 5.41) is 0. The maximum absolute atomic E-state index is 5.39.